The molecule has 20 heavy (non-hydrogen) atoms. The van der Waals surface area contributed by atoms with Gasteiger partial charge in [-0.25, -0.2) is 0 Å². The number of halogens is 4. The maximum Gasteiger partial charge on any atom is 0.418 e. The maximum absolute atomic E-state index is 13.0. The second-order valence-corrected chi connectivity index (χ2v) is 5.18. The van der Waals surface area contributed by atoms with Crippen LogP contribution in [0.2, 0.25) is 0 Å². The molecule has 1 aromatic carbocycles. The Labute approximate surface area is 123 Å². The highest BCUT2D eigenvalue weighted by molar-refractivity contribution is 9.10. The van der Waals surface area contributed by atoms with Gasteiger partial charge in [0.2, 0.25) is 0 Å². The third kappa shape index (κ3) is 4.70. The number of alkyl halides is 3. The highest BCUT2D eigenvalue weighted by atomic mass is 79.9. The van der Waals surface area contributed by atoms with Crippen LogP contribution in [0, 0.1) is 0 Å². The fourth-order valence-electron chi connectivity index (χ4n) is 1.75. The molecule has 0 fully saturated rings. The maximum atomic E-state index is 13.0. The number of nitrogens with zero attached hydrogens (tertiary/aromatic N) is 1. The lowest BCUT2D eigenvalue weighted by Crippen LogP contribution is -2.23. The summed E-state index contributed by atoms with van der Waals surface area (Å²) in [6, 6.07) is 4.01. The van der Waals surface area contributed by atoms with Crippen LogP contribution in [0.3, 0.4) is 0 Å². The van der Waals surface area contributed by atoms with Gasteiger partial charge in [0.05, 0.1) is 12.7 Å². The fraction of sp³-hybridized carbons (Fsp3) is 0.462. The van der Waals surface area contributed by atoms with Crippen LogP contribution in [-0.4, -0.2) is 26.7 Å². The van der Waals surface area contributed by atoms with Gasteiger partial charge in [0.25, 0.3) is 0 Å². The predicted octanol–water partition coefficient (Wildman–Crippen LogP) is 3.86. The van der Waals surface area contributed by atoms with Crippen LogP contribution in [0.5, 0.6) is 0 Å². The van der Waals surface area contributed by atoms with Crippen molar-refractivity contribution in [3.05, 3.63) is 28.2 Å². The van der Waals surface area contributed by atoms with Gasteiger partial charge in [-0.05, 0) is 24.6 Å². The summed E-state index contributed by atoms with van der Waals surface area (Å²) in [5.74, 6) is -0.370. The Balaban J connectivity index is 2.82. The van der Waals surface area contributed by atoms with E-state index in [4.69, 9.17) is 0 Å². The first-order valence-corrected chi connectivity index (χ1v) is 6.69. The zero-order chi connectivity index (χ0) is 15.3. The van der Waals surface area contributed by atoms with E-state index in [0.29, 0.717) is 17.4 Å². The highest BCUT2D eigenvalue weighted by Gasteiger charge is 2.34. The Morgan fingerprint density at radius 2 is 2.05 bits per heavy atom. The Bertz CT molecular complexity index is 477. The zero-order valence-electron chi connectivity index (χ0n) is 11.1. The average Bonchev–Trinajstić information content (AvgIpc) is 2.37. The van der Waals surface area contributed by atoms with Gasteiger partial charge in [-0.2, -0.15) is 13.2 Å². The van der Waals surface area contributed by atoms with Crippen LogP contribution in [0.1, 0.15) is 18.4 Å². The molecule has 0 spiro atoms. The summed E-state index contributed by atoms with van der Waals surface area (Å²) < 4.78 is 43.8. The minimum atomic E-state index is -4.42. The number of anilines is 1. The molecule has 0 amide bonds. The number of carbonyl (C=O) groups is 1. The zero-order valence-corrected chi connectivity index (χ0v) is 12.7. The Morgan fingerprint density at radius 3 is 2.60 bits per heavy atom. The summed E-state index contributed by atoms with van der Waals surface area (Å²) in [7, 11) is 2.85. The highest BCUT2D eigenvalue weighted by Crippen LogP contribution is 2.37. The monoisotopic (exact) mass is 353 g/mol. The van der Waals surface area contributed by atoms with Crippen molar-refractivity contribution in [2.45, 2.75) is 19.0 Å². The molecule has 0 aliphatic rings. The normalized spacial score (nSPS) is 11.3. The van der Waals surface area contributed by atoms with E-state index in [-0.39, 0.29) is 18.1 Å². The minimum Gasteiger partial charge on any atom is -0.469 e. The number of carbonyl (C=O) groups excluding carboxylic acids is 1. The molecule has 0 aromatic heterocycles. The van der Waals surface area contributed by atoms with E-state index in [9.17, 15) is 18.0 Å². The van der Waals surface area contributed by atoms with E-state index < -0.39 is 11.7 Å². The molecule has 0 heterocycles. The second-order valence-electron chi connectivity index (χ2n) is 4.26. The summed E-state index contributed by atoms with van der Waals surface area (Å²) in [6.07, 6.45) is -3.81. The smallest absolute Gasteiger partial charge is 0.418 e. The van der Waals surface area contributed by atoms with E-state index in [1.807, 2.05) is 0 Å². The Hall–Kier alpha value is -1.24. The molecule has 0 aliphatic heterocycles. The number of hydrogen-bond donors (Lipinski definition) is 0. The molecule has 1 aromatic rings. The molecule has 0 radical (unpaired) electrons. The lowest BCUT2D eigenvalue weighted by atomic mass is 10.1. The largest absolute Gasteiger partial charge is 0.469 e. The number of esters is 1. The molecular formula is C13H15BrF3NO2. The summed E-state index contributed by atoms with van der Waals surface area (Å²) in [4.78, 5) is 12.5. The topological polar surface area (TPSA) is 29.5 Å². The van der Waals surface area contributed by atoms with Gasteiger partial charge < -0.3 is 9.64 Å². The Morgan fingerprint density at radius 1 is 1.40 bits per heavy atom. The molecule has 7 heteroatoms. The van der Waals surface area contributed by atoms with Gasteiger partial charge >= 0.3 is 12.1 Å². The minimum absolute atomic E-state index is 0.0885. The van der Waals surface area contributed by atoms with Crippen molar-refractivity contribution in [2.75, 3.05) is 25.6 Å². The number of methoxy groups -OCH3 is 1. The van der Waals surface area contributed by atoms with Crippen LogP contribution in [0.15, 0.2) is 22.7 Å². The van der Waals surface area contributed by atoms with Crippen molar-refractivity contribution in [3.8, 4) is 0 Å². The van der Waals surface area contributed by atoms with E-state index >= 15 is 0 Å². The summed E-state index contributed by atoms with van der Waals surface area (Å²) in [5, 5.41) is 0. The van der Waals surface area contributed by atoms with Crippen LogP contribution >= 0.6 is 15.9 Å². The first-order chi connectivity index (χ1) is 9.25. The van der Waals surface area contributed by atoms with Crippen LogP contribution in [-0.2, 0) is 15.7 Å². The lowest BCUT2D eigenvalue weighted by molar-refractivity contribution is -0.140. The fourth-order valence-corrected chi connectivity index (χ4v) is 2.11. The molecular weight excluding hydrogens is 339 g/mol. The van der Waals surface area contributed by atoms with Gasteiger partial charge in [0.1, 0.15) is 0 Å². The molecule has 0 saturated carbocycles. The summed E-state index contributed by atoms with van der Waals surface area (Å²) in [5.41, 5.74) is -0.613. The standard InChI is InChI=1S/C13H15BrF3NO2/c1-18(7-3-4-12(19)20-2)11-6-5-9(14)8-10(11)13(15,16)17/h5-6,8H,3-4,7H2,1-2H3. The number of rotatable bonds is 5. The first-order valence-electron chi connectivity index (χ1n) is 5.90. The molecule has 1 rings (SSSR count). The van der Waals surface area contributed by atoms with Crippen molar-refractivity contribution in [1.29, 1.82) is 0 Å². The molecule has 0 N–H and O–H groups in total. The predicted molar refractivity (Wildman–Crippen MR) is 73.7 cm³/mol. The SMILES string of the molecule is COC(=O)CCCN(C)c1ccc(Br)cc1C(F)(F)F. The third-order valence-corrected chi connectivity index (χ3v) is 3.27. The molecule has 0 saturated heterocycles. The van der Waals surface area contributed by atoms with Crippen molar-refractivity contribution < 1.29 is 22.7 Å². The van der Waals surface area contributed by atoms with E-state index in [2.05, 4.69) is 20.7 Å². The van der Waals surface area contributed by atoms with Crippen molar-refractivity contribution in [1.82, 2.24) is 0 Å². The summed E-state index contributed by atoms with van der Waals surface area (Å²) >= 11 is 3.04. The van der Waals surface area contributed by atoms with Gasteiger partial charge in [-0.15, -0.1) is 0 Å². The number of benzene rings is 1. The van der Waals surface area contributed by atoms with Crippen LogP contribution < -0.4 is 4.90 Å². The van der Waals surface area contributed by atoms with E-state index in [1.165, 1.54) is 18.1 Å². The number of hydrogen-bond acceptors (Lipinski definition) is 3. The van der Waals surface area contributed by atoms with E-state index in [1.54, 1.807) is 13.1 Å². The van der Waals surface area contributed by atoms with Crippen molar-refractivity contribution in [2.24, 2.45) is 0 Å². The van der Waals surface area contributed by atoms with Gasteiger partial charge in [0, 0.05) is 30.2 Å². The second kappa shape index (κ2) is 6.97. The van der Waals surface area contributed by atoms with E-state index in [0.717, 1.165) is 6.07 Å². The molecule has 0 unspecified atom stereocenters. The van der Waals surface area contributed by atoms with Crippen LogP contribution in [0.25, 0.3) is 0 Å². The van der Waals surface area contributed by atoms with Crippen LogP contribution in [0.4, 0.5) is 18.9 Å². The van der Waals surface area contributed by atoms with Crippen molar-refractivity contribution in [3.63, 3.8) is 0 Å². The first kappa shape index (κ1) is 16.8. The molecule has 112 valence electrons. The number of ether oxygens (including phenoxy) is 1. The molecule has 0 bridgehead atoms. The molecule has 3 nitrogen and oxygen atoms in total. The third-order valence-electron chi connectivity index (χ3n) is 2.78. The summed E-state index contributed by atoms with van der Waals surface area (Å²) in [6.45, 7) is 0.333. The quantitative estimate of drug-likeness (QED) is 0.753. The van der Waals surface area contributed by atoms with Crippen molar-refractivity contribution >= 4 is 27.6 Å². The molecule has 0 aliphatic carbocycles. The van der Waals surface area contributed by atoms with Gasteiger partial charge in [-0.3, -0.25) is 4.79 Å². The Kier molecular flexibility index (Phi) is 5.86. The van der Waals surface area contributed by atoms with Gasteiger partial charge in [-0.1, -0.05) is 15.9 Å². The molecule has 0 atom stereocenters. The lowest BCUT2D eigenvalue weighted by Gasteiger charge is -2.23. The van der Waals surface area contributed by atoms with Gasteiger partial charge in [0.15, 0.2) is 0 Å². The average molecular weight is 354 g/mol.